The summed E-state index contributed by atoms with van der Waals surface area (Å²) in [5.74, 6) is 1.22. The van der Waals surface area contributed by atoms with Gasteiger partial charge in [0.15, 0.2) is 5.82 Å². The summed E-state index contributed by atoms with van der Waals surface area (Å²) >= 11 is 0. The van der Waals surface area contributed by atoms with E-state index in [2.05, 4.69) is 55.9 Å². The van der Waals surface area contributed by atoms with Gasteiger partial charge in [0.2, 0.25) is 0 Å². The smallest absolute Gasteiger partial charge is 0.162 e. The summed E-state index contributed by atoms with van der Waals surface area (Å²) in [5.41, 5.74) is 4.56. The normalized spacial score (nSPS) is 16.7. The van der Waals surface area contributed by atoms with E-state index >= 15 is 4.39 Å². The molecule has 1 fully saturated rings. The van der Waals surface area contributed by atoms with Crippen LogP contribution in [0, 0.1) is 12.7 Å². The summed E-state index contributed by atoms with van der Waals surface area (Å²) in [5, 5.41) is 16.5. The van der Waals surface area contributed by atoms with Crippen molar-refractivity contribution in [2.75, 3.05) is 17.7 Å². The van der Waals surface area contributed by atoms with E-state index < -0.39 is 5.54 Å². The van der Waals surface area contributed by atoms with Crippen LogP contribution in [0.4, 0.5) is 15.8 Å². The Hall–Kier alpha value is -3.35. The molecule has 0 bridgehead atoms. The maximum atomic E-state index is 15.6. The number of anilines is 2. The molecule has 2 aromatic heterocycles. The van der Waals surface area contributed by atoms with Gasteiger partial charge in [0.1, 0.15) is 11.6 Å². The van der Waals surface area contributed by atoms with Crippen LogP contribution in [-0.4, -0.2) is 26.4 Å². The maximum Gasteiger partial charge on any atom is 0.162 e. The number of nitrogens with one attached hydrogen (secondary N) is 2. The highest BCUT2D eigenvalue weighted by Crippen LogP contribution is 2.47. The van der Waals surface area contributed by atoms with Crippen LogP contribution >= 0.6 is 0 Å². The van der Waals surface area contributed by atoms with Crippen molar-refractivity contribution in [3.8, 4) is 16.8 Å². The van der Waals surface area contributed by atoms with Crippen molar-refractivity contribution in [3.05, 3.63) is 54.0 Å². The van der Waals surface area contributed by atoms with Crippen molar-refractivity contribution in [2.45, 2.75) is 45.2 Å². The summed E-state index contributed by atoms with van der Waals surface area (Å²) in [6.45, 7) is 5.88. The summed E-state index contributed by atoms with van der Waals surface area (Å²) in [6, 6.07) is 10.7. The number of benzene rings is 2. The Morgan fingerprint density at radius 2 is 1.97 bits per heavy atom. The predicted octanol–water partition coefficient (Wildman–Crippen LogP) is 5.37. The van der Waals surface area contributed by atoms with Crippen molar-refractivity contribution in [3.63, 3.8) is 0 Å². The summed E-state index contributed by atoms with van der Waals surface area (Å²) in [6.07, 6.45) is 4.60. The quantitative estimate of drug-likeness (QED) is 0.471. The van der Waals surface area contributed by atoms with Gasteiger partial charge in [-0.3, -0.25) is 4.57 Å². The first kappa shape index (κ1) is 18.4. The van der Waals surface area contributed by atoms with Crippen LogP contribution < -0.4 is 10.6 Å². The fourth-order valence-electron chi connectivity index (χ4n) is 4.94. The number of aromatic nitrogens is 4. The van der Waals surface area contributed by atoms with Gasteiger partial charge in [-0.1, -0.05) is 12.1 Å². The summed E-state index contributed by atoms with van der Waals surface area (Å²) in [7, 11) is 1.88. The predicted molar refractivity (Wildman–Crippen MR) is 121 cm³/mol. The van der Waals surface area contributed by atoms with E-state index in [1.54, 1.807) is 6.07 Å². The van der Waals surface area contributed by atoms with E-state index in [9.17, 15) is 0 Å². The highest BCUT2D eigenvalue weighted by Gasteiger charge is 2.38. The first-order valence-corrected chi connectivity index (χ1v) is 10.8. The Kier molecular flexibility index (Phi) is 3.62. The van der Waals surface area contributed by atoms with Crippen LogP contribution in [0.1, 0.15) is 44.4 Å². The number of nitrogens with zero attached hydrogens (tertiary/aromatic N) is 4. The zero-order valence-electron chi connectivity index (χ0n) is 18.1. The molecule has 0 unspecified atom stereocenters. The minimum absolute atomic E-state index is 0.283. The van der Waals surface area contributed by atoms with Crippen LogP contribution in [0.3, 0.4) is 0 Å². The van der Waals surface area contributed by atoms with Crippen molar-refractivity contribution in [1.29, 1.82) is 0 Å². The largest absolute Gasteiger partial charge is 0.386 e. The third kappa shape index (κ3) is 2.49. The lowest BCUT2D eigenvalue weighted by molar-refractivity contribution is 0.523. The molecule has 2 N–H and O–H groups in total. The highest BCUT2D eigenvalue weighted by atomic mass is 19.1. The van der Waals surface area contributed by atoms with Crippen LogP contribution in [-0.2, 0) is 5.54 Å². The van der Waals surface area contributed by atoms with Crippen LogP contribution in [0.2, 0.25) is 0 Å². The molecule has 1 aliphatic carbocycles. The average Bonchev–Trinajstić information content (AvgIpc) is 3.36. The molecule has 7 heteroatoms. The first-order chi connectivity index (χ1) is 14.9. The number of hydrogen-bond donors (Lipinski definition) is 2. The van der Waals surface area contributed by atoms with Gasteiger partial charge in [0.25, 0.3) is 0 Å². The Balaban J connectivity index is 1.66. The molecule has 2 aliphatic rings. The number of aryl methyl sites for hydroxylation is 1. The van der Waals surface area contributed by atoms with E-state index in [1.807, 2.05) is 32.4 Å². The van der Waals surface area contributed by atoms with Crippen molar-refractivity contribution in [2.24, 2.45) is 0 Å². The van der Waals surface area contributed by atoms with Gasteiger partial charge in [0, 0.05) is 35.8 Å². The van der Waals surface area contributed by atoms with Gasteiger partial charge < -0.3 is 15.2 Å². The SMILES string of the molecule is CNc1c(-c2cccc3c2ccn3C2CC2)cc(F)c2c1-n1c(C)nnc1C(C)(C)N2. The molecule has 0 radical (unpaired) electrons. The molecule has 3 heterocycles. The zero-order valence-corrected chi connectivity index (χ0v) is 18.1. The second-order valence-electron chi connectivity index (χ2n) is 9.10. The number of rotatable bonds is 3. The summed E-state index contributed by atoms with van der Waals surface area (Å²) < 4.78 is 19.9. The Morgan fingerprint density at radius 1 is 1.16 bits per heavy atom. The van der Waals surface area contributed by atoms with Crippen molar-refractivity contribution in [1.82, 2.24) is 19.3 Å². The van der Waals surface area contributed by atoms with E-state index in [0.717, 1.165) is 39.5 Å². The molecule has 6 nitrogen and oxygen atoms in total. The van der Waals surface area contributed by atoms with E-state index in [-0.39, 0.29) is 5.82 Å². The topological polar surface area (TPSA) is 59.7 Å². The molecule has 1 aliphatic heterocycles. The van der Waals surface area contributed by atoms with Crippen LogP contribution in [0.5, 0.6) is 0 Å². The number of hydrogen-bond acceptors (Lipinski definition) is 4. The van der Waals surface area contributed by atoms with E-state index in [0.29, 0.717) is 11.7 Å². The Bertz CT molecular complexity index is 1360. The molecule has 0 amide bonds. The fraction of sp³-hybridized carbons (Fsp3) is 0.333. The van der Waals surface area contributed by atoms with Gasteiger partial charge in [-0.15, -0.1) is 10.2 Å². The Labute approximate surface area is 180 Å². The van der Waals surface area contributed by atoms with Crippen LogP contribution in [0.25, 0.3) is 27.7 Å². The molecular formula is C24H25FN6. The third-order valence-electron chi connectivity index (χ3n) is 6.54. The number of halogens is 1. The van der Waals surface area contributed by atoms with Gasteiger partial charge in [-0.2, -0.15) is 0 Å². The number of fused-ring (bicyclic) bond motifs is 4. The zero-order chi connectivity index (χ0) is 21.5. The molecule has 0 atom stereocenters. The monoisotopic (exact) mass is 416 g/mol. The van der Waals surface area contributed by atoms with Gasteiger partial charge in [-0.05, 0) is 57.4 Å². The first-order valence-electron chi connectivity index (χ1n) is 10.8. The average molecular weight is 417 g/mol. The highest BCUT2D eigenvalue weighted by molar-refractivity contribution is 6.02. The third-order valence-corrected chi connectivity index (χ3v) is 6.54. The van der Waals surface area contributed by atoms with Gasteiger partial charge in [-0.25, -0.2) is 4.39 Å². The summed E-state index contributed by atoms with van der Waals surface area (Å²) in [4.78, 5) is 0. The molecule has 31 heavy (non-hydrogen) atoms. The molecule has 6 rings (SSSR count). The molecule has 0 saturated heterocycles. The molecule has 0 spiro atoms. The van der Waals surface area contributed by atoms with Crippen LogP contribution in [0.15, 0.2) is 36.5 Å². The maximum absolute atomic E-state index is 15.6. The molecule has 1 saturated carbocycles. The standard InChI is InChI=1S/C24H25FN6/c1-13-28-29-23-24(2,3)27-21-18(25)12-17(20(26-4)22(21)31(13)23)15-6-5-7-19-16(15)10-11-30(19)14-8-9-14/h5-7,10-12,14,26-27H,8-9H2,1-4H3. The fourth-order valence-corrected chi connectivity index (χ4v) is 4.94. The molecular weight excluding hydrogens is 391 g/mol. The Morgan fingerprint density at radius 3 is 2.71 bits per heavy atom. The molecule has 4 aromatic rings. The van der Waals surface area contributed by atoms with Crippen molar-refractivity contribution < 1.29 is 4.39 Å². The molecule has 2 aromatic carbocycles. The van der Waals surface area contributed by atoms with Gasteiger partial charge in [0.05, 0.1) is 22.6 Å². The van der Waals surface area contributed by atoms with E-state index in [4.69, 9.17) is 0 Å². The lowest BCUT2D eigenvalue weighted by atomic mass is 9.94. The van der Waals surface area contributed by atoms with Gasteiger partial charge >= 0.3 is 0 Å². The van der Waals surface area contributed by atoms with E-state index in [1.165, 1.54) is 18.4 Å². The minimum atomic E-state index is -0.539. The minimum Gasteiger partial charge on any atom is -0.386 e. The second-order valence-corrected chi connectivity index (χ2v) is 9.10. The van der Waals surface area contributed by atoms with Crippen molar-refractivity contribution >= 4 is 22.3 Å². The lowest BCUT2D eigenvalue weighted by Gasteiger charge is -2.35. The second kappa shape index (κ2) is 6.09. The molecule has 158 valence electrons. The lowest BCUT2D eigenvalue weighted by Crippen LogP contribution is -2.36.